The van der Waals surface area contributed by atoms with Crippen molar-refractivity contribution in [2.45, 2.75) is 31.7 Å². The van der Waals surface area contributed by atoms with Crippen LogP contribution in [0.15, 0.2) is 40.9 Å². The van der Waals surface area contributed by atoms with Gasteiger partial charge in [-0.25, -0.2) is 14.2 Å². The summed E-state index contributed by atoms with van der Waals surface area (Å²) >= 11 is 0. The Balaban J connectivity index is 1.13. The van der Waals surface area contributed by atoms with E-state index in [-0.39, 0.29) is 35.8 Å². The van der Waals surface area contributed by atoms with Crippen molar-refractivity contribution in [1.29, 1.82) is 0 Å². The lowest BCUT2D eigenvalue weighted by molar-refractivity contribution is -0.122. The van der Waals surface area contributed by atoms with Crippen molar-refractivity contribution < 1.29 is 28.1 Å². The van der Waals surface area contributed by atoms with Gasteiger partial charge in [0.1, 0.15) is 5.82 Å². The van der Waals surface area contributed by atoms with E-state index in [1.165, 1.54) is 12.1 Å². The summed E-state index contributed by atoms with van der Waals surface area (Å²) < 4.78 is 18.8. The minimum absolute atomic E-state index is 0.0152. The average molecular weight is 491 g/mol. The fraction of sp³-hybridized carbons (Fsp3) is 0.320. The molecule has 0 saturated carbocycles. The van der Waals surface area contributed by atoms with Crippen molar-refractivity contribution in [2.75, 3.05) is 19.6 Å². The standard InChI is InChI=1S/C25H22FN5O5/c26-16-2-4-18-20(12-16)36-28-22(18)15-5-8-29(9-6-15)13-14-1-3-17-19(11-14)24(34)31(23(17)33)30-10-7-21(32)27-25(30)35/h1-4,11-12,15H,5-10,13H2,(H,27,32,35). The lowest BCUT2D eigenvalue weighted by Gasteiger charge is -2.32. The number of halogens is 1. The second-order valence-electron chi connectivity index (χ2n) is 9.29. The molecule has 5 amide bonds. The van der Waals surface area contributed by atoms with Crippen LogP contribution in [-0.4, -0.2) is 63.5 Å². The number of benzene rings is 2. The highest BCUT2D eigenvalue weighted by molar-refractivity contribution is 6.22. The second-order valence-corrected chi connectivity index (χ2v) is 9.29. The third kappa shape index (κ3) is 3.72. The van der Waals surface area contributed by atoms with E-state index in [9.17, 15) is 23.6 Å². The van der Waals surface area contributed by atoms with E-state index in [1.54, 1.807) is 18.2 Å². The molecule has 0 radical (unpaired) electrons. The molecule has 2 fully saturated rings. The number of urea groups is 1. The molecule has 2 saturated heterocycles. The number of hydrogen-bond donors (Lipinski definition) is 1. The first-order chi connectivity index (χ1) is 17.4. The average Bonchev–Trinajstić information content (AvgIpc) is 3.38. The summed E-state index contributed by atoms with van der Waals surface area (Å²) in [7, 11) is 0. The van der Waals surface area contributed by atoms with E-state index in [0.717, 1.165) is 52.6 Å². The fourth-order valence-electron chi connectivity index (χ4n) is 5.19. The van der Waals surface area contributed by atoms with Gasteiger partial charge in [0.15, 0.2) is 5.58 Å². The number of amides is 5. The molecule has 0 spiro atoms. The number of rotatable bonds is 4. The maximum Gasteiger partial charge on any atom is 0.343 e. The highest BCUT2D eigenvalue weighted by atomic mass is 19.1. The molecule has 6 rings (SSSR count). The Morgan fingerprint density at radius 1 is 0.972 bits per heavy atom. The summed E-state index contributed by atoms with van der Waals surface area (Å²) in [5.41, 5.74) is 2.68. The maximum atomic E-state index is 13.5. The van der Waals surface area contributed by atoms with E-state index in [4.69, 9.17) is 4.52 Å². The SMILES string of the molecule is O=C1CCN(N2C(=O)c3ccc(CN4CCC(c5noc6cc(F)ccc56)CC4)cc3C2=O)C(=O)N1. The number of fused-ring (bicyclic) bond motifs is 2. The van der Waals surface area contributed by atoms with Crippen LogP contribution in [0.2, 0.25) is 0 Å². The Bertz CT molecular complexity index is 1430. The van der Waals surface area contributed by atoms with Gasteiger partial charge in [0.25, 0.3) is 11.8 Å². The summed E-state index contributed by atoms with van der Waals surface area (Å²) in [6.07, 6.45) is 1.73. The molecule has 3 aliphatic rings. The lowest BCUT2D eigenvalue weighted by Crippen LogP contribution is -2.58. The lowest BCUT2D eigenvalue weighted by atomic mass is 9.91. The molecule has 1 N–H and O–H groups in total. The fourth-order valence-corrected chi connectivity index (χ4v) is 5.19. The number of aromatic nitrogens is 1. The van der Waals surface area contributed by atoms with Crippen LogP contribution in [0.5, 0.6) is 0 Å². The summed E-state index contributed by atoms with van der Waals surface area (Å²) in [6, 6.07) is 8.82. The predicted molar refractivity (Wildman–Crippen MR) is 123 cm³/mol. The molecule has 3 aromatic rings. The molecule has 2 aromatic carbocycles. The molecule has 11 heteroatoms. The van der Waals surface area contributed by atoms with Gasteiger partial charge in [-0.15, -0.1) is 0 Å². The molecular formula is C25H22FN5O5. The Kier molecular flexibility index (Phi) is 5.29. The molecule has 0 atom stereocenters. The number of hydrogen-bond acceptors (Lipinski definition) is 7. The van der Waals surface area contributed by atoms with Crippen LogP contribution in [0, 0.1) is 5.82 Å². The van der Waals surface area contributed by atoms with Gasteiger partial charge in [-0.05, 0) is 55.8 Å². The van der Waals surface area contributed by atoms with E-state index in [0.29, 0.717) is 12.1 Å². The molecule has 4 heterocycles. The molecular weight excluding hydrogens is 469 g/mol. The maximum absolute atomic E-state index is 13.5. The molecule has 36 heavy (non-hydrogen) atoms. The van der Waals surface area contributed by atoms with Gasteiger partial charge in [0.2, 0.25) is 5.91 Å². The number of nitrogens with zero attached hydrogens (tertiary/aromatic N) is 4. The number of nitrogens with one attached hydrogen (secondary N) is 1. The number of likely N-dealkylation sites (tertiary alicyclic amines) is 1. The highest BCUT2D eigenvalue weighted by Crippen LogP contribution is 2.33. The minimum atomic E-state index is -0.783. The van der Waals surface area contributed by atoms with Gasteiger partial charge in [0.05, 0.1) is 23.4 Å². The van der Waals surface area contributed by atoms with Crippen molar-refractivity contribution in [3.63, 3.8) is 0 Å². The van der Waals surface area contributed by atoms with Crippen LogP contribution < -0.4 is 5.32 Å². The Hall–Kier alpha value is -4.12. The van der Waals surface area contributed by atoms with Gasteiger partial charge < -0.3 is 4.52 Å². The van der Waals surface area contributed by atoms with Crippen molar-refractivity contribution in [3.05, 3.63) is 64.6 Å². The minimum Gasteiger partial charge on any atom is -0.356 e. The topological polar surface area (TPSA) is 116 Å². The van der Waals surface area contributed by atoms with E-state index < -0.39 is 23.8 Å². The predicted octanol–water partition coefficient (Wildman–Crippen LogP) is 2.80. The highest BCUT2D eigenvalue weighted by Gasteiger charge is 2.43. The molecule has 1 aromatic heterocycles. The van der Waals surface area contributed by atoms with Gasteiger partial charge >= 0.3 is 6.03 Å². The van der Waals surface area contributed by atoms with Crippen molar-refractivity contribution in [2.24, 2.45) is 0 Å². The zero-order chi connectivity index (χ0) is 25.0. The van der Waals surface area contributed by atoms with Crippen LogP contribution in [-0.2, 0) is 11.3 Å². The molecule has 0 aliphatic carbocycles. The quantitative estimate of drug-likeness (QED) is 0.558. The van der Waals surface area contributed by atoms with Gasteiger partial charge in [-0.2, -0.15) is 5.01 Å². The number of imide groups is 2. The first-order valence-electron chi connectivity index (χ1n) is 11.8. The summed E-state index contributed by atoms with van der Waals surface area (Å²) in [6.45, 7) is 2.18. The number of hydrazine groups is 1. The Morgan fingerprint density at radius 3 is 2.53 bits per heavy atom. The van der Waals surface area contributed by atoms with Gasteiger partial charge in [0, 0.05) is 30.3 Å². The number of piperidine rings is 1. The summed E-state index contributed by atoms with van der Waals surface area (Å²) in [5.74, 6) is -1.74. The summed E-state index contributed by atoms with van der Waals surface area (Å²) in [4.78, 5) is 51.8. The largest absolute Gasteiger partial charge is 0.356 e. The zero-order valence-corrected chi connectivity index (χ0v) is 19.2. The molecule has 184 valence electrons. The molecule has 0 unspecified atom stereocenters. The van der Waals surface area contributed by atoms with Crippen molar-refractivity contribution in [1.82, 2.24) is 25.4 Å². The zero-order valence-electron chi connectivity index (χ0n) is 19.2. The normalized spacial score (nSPS) is 19.4. The van der Waals surface area contributed by atoms with Crippen molar-refractivity contribution >= 4 is 34.7 Å². The van der Waals surface area contributed by atoms with Gasteiger partial charge in [-0.1, -0.05) is 11.2 Å². The Labute approximate surface area is 204 Å². The molecule has 3 aliphatic heterocycles. The van der Waals surface area contributed by atoms with E-state index >= 15 is 0 Å². The third-order valence-electron chi connectivity index (χ3n) is 7.04. The van der Waals surface area contributed by atoms with E-state index in [2.05, 4.69) is 15.4 Å². The smallest absolute Gasteiger partial charge is 0.343 e. The monoisotopic (exact) mass is 491 g/mol. The first-order valence-corrected chi connectivity index (χ1v) is 11.8. The number of carbonyl (C=O) groups excluding carboxylic acids is 4. The van der Waals surface area contributed by atoms with Crippen LogP contribution >= 0.6 is 0 Å². The molecule has 10 nitrogen and oxygen atoms in total. The first kappa shape index (κ1) is 22.4. The number of carbonyl (C=O) groups is 4. The second kappa shape index (κ2) is 8.52. The van der Waals surface area contributed by atoms with Crippen molar-refractivity contribution in [3.8, 4) is 0 Å². The van der Waals surface area contributed by atoms with E-state index in [1.807, 2.05) is 6.07 Å². The van der Waals surface area contributed by atoms with Crippen LogP contribution in [0.25, 0.3) is 11.0 Å². The summed E-state index contributed by atoms with van der Waals surface area (Å²) in [5, 5.41) is 8.97. The van der Waals surface area contributed by atoms with Gasteiger partial charge in [-0.3, -0.25) is 24.6 Å². The molecule has 0 bridgehead atoms. The Morgan fingerprint density at radius 2 is 1.75 bits per heavy atom. The van der Waals surface area contributed by atoms with Crippen LogP contribution in [0.4, 0.5) is 9.18 Å². The van der Waals surface area contributed by atoms with Crippen LogP contribution in [0.1, 0.15) is 57.2 Å². The van der Waals surface area contributed by atoms with Crippen LogP contribution in [0.3, 0.4) is 0 Å². The third-order valence-corrected chi connectivity index (χ3v) is 7.04.